The van der Waals surface area contributed by atoms with Crippen molar-refractivity contribution in [3.63, 3.8) is 0 Å². The van der Waals surface area contributed by atoms with Crippen LogP contribution in [-0.4, -0.2) is 18.2 Å². The number of carbonyl (C=O) groups is 1. The molecular formula is C8H8O3SZn. The molecule has 1 aromatic carbocycles. The summed E-state index contributed by atoms with van der Waals surface area (Å²) >= 11 is 3.94. The average Bonchev–Trinajstić information content (AvgIpc) is 2.08. The fraction of sp³-hybridized carbons (Fsp3) is 0.125. The minimum atomic E-state index is -0.566. The number of para-hydroxylation sites is 1. The molecule has 0 bridgehead atoms. The third-order valence-electron chi connectivity index (χ3n) is 1.42. The van der Waals surface area contributed by atoms with Crippen molar-refractivity contribution >= 4 is 18.6 Å². The second-order valence-corrected chi connectivity index (χ2v) is 2.65. The van der Waals surface area contributed by atoms with Crippen molar-refractivity contribution in [2.75, 3.05) is 7.11 Å². The molecule has 0 fully saturated rings. The Hall–Kier alpha value is -0.537. The van der Waals surface area contributed by atoms with E-state index >= 15 is 0 Å². The zero-order valence-electron chi connectivity index (χ0n) is 7.15. The quantitative estimate of drug-likeness (QED) is 0.450. The Kier molecular flexibility index (Phi) is 5.03. The number of esters is 1. The Balaban J connectivity index is 0.00000144. The van der Waals surface area contributed by atoms with Crippen molar-refractivity contribution in [3.8, 4) is 5.75 Å². The maximum absolute atomic E-state index is 11.0. The van der Waals surface area contributed by atoms with E-state index in [9.17, 15) is 9.90 Å². The summed E-state index contributed by atoms with van der Waals surface area (Å²) in [6.45, 7) is 0. The zero-order valence-corrected chi connectivity index (χ0v) is 11.0. The van der Waals surface area contributed by atoms with Crippen molar-refractivity contribution in [1.82, 2.24) is 0 Å². The van der Waals surface area contributed by atoms with Crippen LogP contribution in [0.25, 0.3) is 0 Å². The first-order valence-electron chi connectivity index (χ1n) is 3.26. The molecule has 0 spiro atoms. The van der Waals surface area contributed by atoms with Gasteiger partial charge in [-0.05, 0) is 12.1 Å². The molecular weight excluding hydrogens is 242 g/mol. The van der Waals surface area contributed by atoms with Gasteiger partial charge < -0.3 is 9.84 Å². The molecule has 0 unspecified atom stereocenters. The molecule has 0 aliphatic heterocycles. The van der Waals surface area contributed by atoms with Gasteiger partial charge in [-0.15, -0.1) is 12.6 Å². The van der Waals surface area contributed by atoms with Crippen LogP contribution in [0.2, 0.25) is 0 Å². The minimum Gasteiger partial charge on any atom is -0.506 e. The van der Waals surface area contributed by atoms with Crippen molar-refractivity contribution in [3.05, 3.63) is 23.8 Å². The van der Waals surface area contributed by atoms with Crippen LogP contribution < -0.4 is 0 Å². The SMILES string of the molecule is COC(=O)c1cccc(S)c1O.[Zn]. The molecule has 3 nitrogen and oxygen atoms in total. The smallest absolute Gasteiger partial charge is 0.341 e. The minimum absolute atomic E-state index is 0. The molecule has 0 radical (unpaired) electrons. The van der Waals surface area contributed by atoms with Crippen LogP contribution in [-0.2, 0) is 24.2 Å². The summed E-state index contributed by atoms with van der Waals surface area (Å²) in [5.74, 6) is -0.712. The van der Waals surface area contributed by atoms with Gasteiger partial charge in [-0.3, -0.25) is 0 Å². The molecule has 0 amide bonds. The van der Waals surface area contributed by atoms with E-state index in [0.29, 0.717) is 4.90 Å². The molecule has 0 heterocycles. The fourth-order valence-corrected chi connectivity index (χ4v) is 1.01. The molecule has 1 N–H and O–H groups in total. The summed E-state index contributed by atoms with van der Waals surface area (Å²) in [4.78, 5) is 11.3. The Morgan fingerprint density at radius 2 is 2.15 bits per heavy atom. The van der Waals surface area contributed by atoms with Gasteiger partial charge in [0.1, 0.15) is 11.3 Å². The summed E-state index contributed by atoms with van der Waals surface area (Å²) in [5, 5.41) is 9.32. The Morgan fingerprint density at radius 1 is 1.54 bits per heavy atom. The molecule has 1 aromatic rings. The van der Waals surface area contributed by atoms with Crippen LogP contribution in [0.15, 0.2) is 23.1 Å². The normalized spacial score (nSPS) is 8.77. The predicted molar refractivity (Wildman–Crippen MR) is 46.7 cm³/mol. The first-order chi connectivity index (χ1) is 5.66. The van der Waals surface area contributed by atoms with Crippen molar-refractivity contribution in [1.29, 1.82) is 0 Å². The Labute approximate surface area is 94.3 Å². The van der Waals surface area contributed by atoms with Crippen molar-refractivity contribution in [2.24, 2.45) is 0 Å². The van der Waals surface area contributed by atoms with E-state index in [-0.39, 0.29) is 30.8 Å². The number of hydrogen-bond donors (Lipinski definition) is 2. The number of thiol groups is 1. The summed E-state index contributed by atoms with van der Waals surface area (Å²) in [7, 11) is 1.26. The van der Waals surface area contributed by atoms with Crippen LogP contribution in [0, 0.1) is 0 Å². The molecule has 0 aliphatic rings. The first-order valence-corrected chi connectivity index (χ1v) is 3.70. The molecule has 66 valence electrons. The molecule has 5 heteroatoms. The van der Waals surface area contributed by atoms with E-state index < -0.39 is 5.97 Å². The monoisotopic (exact) mass is 248 g/mol. The van der Waals surface area contributed by atoms with Gasteiger partial charge in [0.15, 0.2) is 0 Å². The topological polar surface area (TPSA) is 46.5 Å². The summed E-state index contributed by atoms with van der Waals surface area (Å²) in [6, 6.07) is 4.68. The summed E-state index contributed by atoms with van der Waals surface area (Å²) in [5.41, 5.74) is 0.130. The molecule has 0 saturated heterocycles. The third kappa shape index (κ3) is 2.71. The second-order valence-electron chi connectivity index (χ2n) is 2.16. The molecule has 1 rings (SSSR count). The molecule has 13 heavy (non-hydrogen) atoms. The van der Waals surface area contributed by atoms with E-state index in [1.807, 2.05) is 0 Å². The number of ether oxygens (including phenoxy) is 1. The summed E-state index contributed by atoms with van der Waals surface area (Å²) < 4.78 is 4.44. The van der Waals surface area contributed by atoms with E-state index in [4.69, 9.17) is 0 Å². The number of phenols is 1. The number of carbonyl (C=O) groups excluding carboxylic acids is 1. The van der Waals surface area contributed by atoms with Gasteiger partial charge in [0.2, 0.25) is 0 Å². The van der Waals surface area contributed by atoms with Gasteiger partial charge in [-0.1, -0.05) is 6.07 Å². The number of rotatable bonds is 1. The standard InChI is InChI=1S/C8H8O3S.Zn/c1-11-8(10)5-3-2-4-6(12)7(5)9;/h2-4,9,12H,1H3;. The third-order valence-corrected chi connectivity index (χ3v) is 1.78. The van der Waals surface area contributed by atoms with E-state index in [0.717, 1.165) is 0 Å². The van der Waals surface area contributed by atoms with Crippen LogP contribution in [0.3, 0.4) is 0 Å². The van der Waals surface area contributed by atoms with Crippen molar-refractivity contribution < 1.29 is 34.1 Å². The van der Waals surface area contributed by atoms with E-state index in [1.54, 1.807) is 12.1 Å². The predicted octanol–water partition coefficient (Wildman–Crippen LogP) is 1.46. The number of phenolic OH excluding ortho intramolecular Hbond substituents is 1. The van der Waals surface area contributed by atoms with Gasteiger partial charge in [-0.2, -0.15) is 0 Å². The Bertz CT molecular complexity index is 314. The van der Waals surface area contributed by atoms with Gasteiger partial charge in [0.05, 0.1) is 7.11 Å². The van der Waals surface area contributed by atoms with E-state index in [1.165, 1.54) is 13.2 Å². The number of hydrogen-bond acceptors (Lipinski definition) is 4. The number of methoxy groups -OCH3 is 1. The summed E-state index contributed by atoms with van der Waals surface area (Å²) in [6.07, 6.45) is 0. The fourth-order valence-electron chi connectivity index (χ4n) is 0.806. The van der Waals surface area contributed by atoms with Crippen LogP contribution >= 0.6 is 12.6 Å². The largest absolute Gasteiger partial charge is 0.506 e. The number of aromatic hydroxyl groups is 1. The maximum Gasteiger partial charge on any atom is 0.341 e. The van der Waals surface area contributed by atoms with Gasteiger partial charge in [0.25, 0.3) is 0 Å². The maximum atomic E-state index is 11.0. The first kappa shape index (κ1) is 12.5. The van der Waals surface area contributed by atoms with E-state index in [2.05, 4.69) is 17.4 Å². The van der Waals surface area contributed by atoms with Crippen LogP contribution in [0.5, 0.6) is 5.75 Å². The zero-order chi connectivity index (χ0) is 9.14. The Morgan fingerprint density at radius 3 is 2.69 bits per heavy atom. The van der Waals surface area contributed by atoms with Gasteiger partial charge >= 0.3 is 5.97 Å². The van der Waals surface area contributed by atoms with Crippen LogP contribution in [0.4, 0.5) is 0 Å². The number of benzene rings is 1. The molecule has 0 aliphatic carbocycles. The van der Waals surface area contributed by atoms with Gasteiger partial charge in [-0.25, -0.2) is 4.79 Å². The van der Waals surface area contributed by atoms with Crippen LogP contribution in [0.1, 0.15) is 10.4 Å². The molecule has 0 aromatic heterocycles. The molecule has 0 atom stereocenters. The second kappa shape index (κ2) is 5.25. The van der Waals surface area contributed by atoms with Crippen molar-refractivity contribution in [2.45, 2.75) is 4.90 Å². The average molecular weight is 250 g/mol. The van der Waals surface area contributed by atoms with Gasteiger partial charge in [0, 0.05) is 24.4 Å². The molecule has 0 saturated carbocycles.